The van der Waals surface area contributed by atoms with Gasteiger partial charge in [0.05, 0.1) is 18.8 Å². The average Bonchev–Trinajstić information content (AvgIpc) is 2.78. The molecule has 0 aromatic heterocycles. The van der Waals surface area contributed by atoms with E-state index in [1.807, 2.05) is 0 Å². The molecule has 8 atom stereocenters. The smallest absolute Gasteiger partial charge is 0.0622 e. The monoisotopic (exact) mass is 320 g/mol. The molecule has 4 rings (SSSR count). The Labute approximate surface area is 139 Å². The van der Waals surface area contributed by atoms with Crippen LogP contribution in [0.5, 0.6) is 0 Å². The second-order valence-corrected chi connectivity index (χ2v) is 9.26. The van der Waals surface area contributed by atoms with E-state index in [1.165, 1.54) is 5.57 Å². The maximum absolute atomic E-state index is 10.7. The van der Waals surface area contributed by atoms with Crippen LogP contribution in [0.1, 0.15) is 58.8 Å². The van der Waals surface area contributed by atoms with E-state index in [0.717, 1.165) is 44.9 Å². The molecule has 4 aliphatic carbocycles. The van der Waals surface area contributed by atoms with Gasteiger partial charge >= 0.3 is 0 Å². The van der Waals surface area contributed by atoms with E-state index in [0.29, 0.717) is 23.7 Å². The van der Waals surface area contributed by atoms with Crippen LogP contribution in [0.3, 0.4) is 0 Å². The number of aliphatic hydroxyl groups excluding tert-OH is 3. The van der Waals surface area contributed by atoms with Gasteiger partial charge < -0.3 is 15.3 Å². The van der Waals surface area contributed by atoms with Gasteiger partial charge in [-0.15, -0.1) is 0 Å². The van der Waals surface area contributed by atoms with Crippen LogP contribution in [-0.2, 0) is 0 Å². The van der Waals surface area contributed by atoms with Gasteiger partial charge in [-0.25, -0.2) is 0 Å². The molecule has 0 aromatic rings. The molecule has 0 saturated heterocycles. The molecule has 0 aliphatic heterocycles. The SMILES string of the molecule is C[C@@H]1CC2C3CC=C4C[C@@H](O)CC[C@]4(CO)C3CC[C@]2(C)[C@H]1O. The minimum atomic E-state index is -0.223. The summed E-state index contributed by atoms with van der Waals surface area (Å²) in [7, 11) is 0. The van der Waals surface area contributed by atoms with Gasteiger partial charge in [0.25, 0.3) is 0 Å². The number of hydrogen-bond acceptors (Lipinski definition) is 3. The summed E-state index contributed by atoms with van der Waals surface area (Å²) in [4.78, 5) is 0. The molecule has 3 saturated carbocycles. The Bertz CT molecular complexity index is 515. The van der Waals surface area contributed by atoms with Crippen molar-refractivity contribution in [2.45, 2.75) is 71.0 Å². The molecule has 23 heavy (non-hydrogen) atoms. The van der Waals surface area contributed by atoms with E-state index in [9.17, 15) is 15.3 Å². The third-order valence-electron chi connectivity index (χ3n) is 8.36. The molecule has 3 nitrogen and oxygen atoms in total. The first-order chi connectivity index (χ1) is 10.9. The molecule has 0 heterocycles. The first kappa shape index (κ1) is 16.1. The molecule has 0 spiro atoms. The lowest BCUT2D eigenvalue weighted by atomic mass is 9.47. The van der Waals surface area contributed by atoms with E-state index < -0.39 is 0 Å². The summed E-state index contributed by atoms with van der Waals surface area (Å²) in [6, 6.07) is 0. The maximum Gasteiger partial charge on any atom is 0.0622 e. The molecule has 3 unspecified atom stereocenters. The predicted octanol–water partition coefficient (Wildman–Crippen LogP) is 2.89. The molecule has 4 aliphatic rings. The molecular formula is C20H32O3. The van der Waals surface area contributed by atoms with Crippen molar-refractivity contribution >= 4 is 0 Å². The number of aliphatic hydroxyl groups is 3. The standard InChI is InChI=1S/C20H32O3/c1-12-9-17-15-4-3-13-10-14(22)5-8-20(13,11-21)16(15)6-7-19(17,2)18(12)23/h3,12,14-18,21-23H,4-11H2,1-2H3/t12-,14+,15?,16?,17?,18+,19+,20-/m1/s1. The highest BCUT2D eigenvalue weighted by Gasteiger charge is 2.60. The van der Waals surface area contributed by atoms with Crippen molar-refractivity contribution in [3.8, 4) is 0 Å². The van der Waals surface area contributed by atoms with Crippen molar-refractivity contribution < 1.29 is 15.3 Å². The fourth-order valence-electron chi connectivity index (χ4n) is 7.07. The third kappa shape index (κ3) is 2.06. The molecular weight excluding hydrogens is 288 g/mol. The molecule has 0 aromatic carbocycles. The van der Waals surface area contributed by atoms with Crippen molar-refractivity contribution in [3.63, 3.8) is 0 Å². The van der Waals surface area contributed by atoms with Gasteiger partial charge in [0.15, 0.2) is 0 Å². The van der Waals surface area contributed by atoms with E-state index in [1.54, 1.807) is 0 Å². The summed E-state index contributed by atoms with van der Waals surface area (Å²) in [6.07, 6.45) is 8.88. The molecule has 0 radical (unpaired) electrons. The lowest BCUT2D eigenvalue weighted by Crippen LogP contribution is -2.53. The lowest BCUT2D eigenvalue weighted by molar-refractivity contribution is -0.0909. The Morgan fingerprint density at radius 1 is 1.17 bits per heavy atom. The van der Waals surface area contributed by atoms with Crippen LogP contribution in [0.25, 0.3) is 0 Å². The topological polar surface area (TPSA) is 60.7 Å². The second kappa shape index (κ2) is 5.31. The van der Waals surface area contributed by atoms with Gasteiger partial charge in [0, 0.05) is 5.41 Å². The van der Waals surface area contributed by atoms with Crippen molar-refractivity contribution in [2.24, 2.45) is 34.5 Å². The number of fused-ring (bicyclic) bond motifs is 5. The maximum atomic E-state index is 10.7. The van der Waals surface area contributed by atoms with Crippen LogP contribution in [0.2, 0.25) is 0 Å². The fraction of sp³-hybridized carbons (Fsp3) is 0.900. The van der Waals surface area contributed by atoms with E-state index >= 15 is 0 Å². The predicted molar refractivity (Wildman–Crippen MR) is 89.7 cm³/mol. The molecule has 3 N–H and O–H groups in total. The van der Waals surface area contributed by atoms with Gasteiger partial charge in [-0.05, 0) is 74.0 Å². The summed E-state index contributed by atoms with van der Waals surface area (Å²) >= 11 is 0. The highest BCUT2D eigenvalue weighted by molar-refractivity contribution is 5.26. The Morgan fingerprint density at radius 2 is 1.96 bits per heavy atom. The largest absolute Gasteiger partial charge is 0.395 e. The van der Waals surface area contributed by atoms with Crippen molar-refractivity contribution in [3.05, 3.63) is 11.6 Å². The Hall–Kier alpha value is -0.380. The van der Waals surface area contributed by atoms with Crippen LogP contribution in [-0.4, -0.2) is 34.1 Å². The molecule has 0 bridgehead atoms. The Kier molecular flexibility index (Phi) is 3.72. The van der Waals surface area contributed by atoms with E-state index in [2.05, 4.69) is 19.9 Å². The quantitative estimate of drug-likeness (QED) is 0.651. The van der Waals surface area contributed by atoms with Gasteiger partial charge in [0.1, 0.15) is 0 Å². The fourth-order valence-corrected chi connectivity index (χ4v) is 7.07. The van der Waals surface area contributed by atoms with Gasteiger partial charge in [0.2, 0.25) is 0 Å². The molecule has 0 amide bonds. The zero-order chi connectivity index (χ0) is 16.4. The van der Waals surface area contributed by atoms with Crippen molar-refractivity contribution in [2.75, 3.05) is 6.61 Å². The summed E-state index contributed by atoms with van der Waals surface area (Å²) < 4.78 is 0. The Morgan fingerprint density at radius 3 is 2.70 bits per heavy atom. The van der Waals surface area contributed by atoms with Crippen LogP contribution in [0.15, 0.2) is 11.6 Å². The zero-order valence-corrected chi connectivity index (χ0v) is 14.5. The zero-order valence-electron chi connectivity index (χ0n) is 14.5. The average molecular weight is 320 g/mol. The molecule has 3 fully saturated rings. The number of hydrogen-bond donors (Lipinski definition) is 3. The summed E-state index contributed by atoms with van der Waals surface area (Å²) in [5.74, 6) is 2.11. The van der Waals surface area contributed by atoms with Gasteiger partial charge in [-0.2, -0.15) is 0 Å². The second-order valence-electron chi connectivity index (χ2n) is 9.26. The van der Waals surface area contributed by atoms with Crippen LogP contribution >= 0.6 is 0 Å². The number of rotatable bonds is 1. The van der Waals surface area contributed by atoms with Crippen molar-refractivity contribution in [1.82, 2.24) is 0 Å². The minimum absolute atomic E-state index is 0.0662. The molecule has 3 heteroatoms. The summed E-state index contributed by atoms with van der Waals surface area (Å²) in [6.45, 7) is 4.73. The first-order valence-electron chi connectivity index (χ1n) is 9.59. The lowest BCUT2D eigenvalue weighted by Gasteiger charge is -2.58. The summed E-state index contributed by atoms with van der Waals surface area (Å²) in [5.41, 5.74) is 1.31. The van der Waals surface area contributed by atoms with Crippen LogP contribution < -0.4 is 0 Å². The van der Waals surface area contributed by atoms with Crippen LogP contribution in [0.4, 0.5) is 0 Å². The Balaban J connectivity index is 1.70. The minimum Gasteiger partial charge on any atom is -0.395 e. The normalized spacial score (nSPS) is 55.6. The molecule has 130 valence electrons. The highest BCUT2D eigenvalue weighted by Crippen LogP contribution is 2.65. The summed E-state index contributed by atoms with van der Waals surface area (Å²) in [5, 5.41) is 31.1. The van der Waals surface area contributed by atoms with Gasteiger partial charge in [-0.3, -0.25) is 0 Å². The number of allylic oxidation sites excluding steroid dienone is 1. The third-order valence-corrected chi connectivity index (χ3v) is 8.36. The van der Waals surface area contributed by atoms with E-state index in [-0.39, 0.29) is 29.6 Å². The first-order valence-corrected chi connectivity index (χ1v) is 9.59. The van der Waals surface area contributed by atoms with Crippen LogP contribution in [0, 0.1) is 34.5 Å². The van der Waals surface area contributed by atoms with Gasteiger partial charge in [-0.1, -0.05) is 25.5 Å². The van der Waals surface area contributed by atoms with E-state index in [4.69, 9.17) is 0 Å². The van der Waals surface area contributed by atoms with Crippen molar-refractivity contribution in [1.29, 1.82) is 0 Å². The highest BCUT2D eigenvalue weighted by atomic mass is 16.3.